The number of aryl methyl sites for hydroxylation is 2. The van der Waals surface area contributed by atoms with Crippen LogP contribution in [0.5, 0.6) is 0 Å². The van der Waals surface area contributed by atoms with Gasteiger partial charge in [-0.2, -0.15) is 0 Å². The third kappa shape index (κ3) is 1.76. The number of nitrogens with one attached hydrogen (secondary N) is 2. The molecule has 0 bridgehead atoms. The summed E-state index contributed by atoms with van der Waals surface area (Å²) in [6.45, 7) is 4.04. The zero-order valence-corrected chi connectivity index (χ0v) is 8.59. The van der Waals surface area contributed by atoms with Crippen LogP contribution in [0.4, 0.5) is 10.7 Å². The number of anilines is 1. The topological polar surface area (TPSA) is 83.8 Å². The number of nitrogens with two attached hydrogens (primary N) is 1. The van der Waals surface area contributed by atoms with Crippen LogP contribution in [-0.4, -0.2) is 16.0 Å². The van der Waals surface area contributed by atoms with Crippen molar-refractivity contribution >= 4 is 23.0 Å². The molecule has 0 aliphatic heterocycles. The number of primary amides is 1. The Morgan fingerprint density at radius 3 is 2.73 bits per heavy atom. The Kier molecular flexibility index (Phi) is 2.07. The van der Waals surface area contributed by atoms with Gasteiger partial charge >= 0.3 is 6.03 Å². The van der Waals surface area contributed by atoms with Crippen molar-refractivity contribution in [3.63, 3.8) is 0 Å². The minimum atomic E-state index is -0.623. The van der Waals surface area contributed by atoms with Gasteiger partial charge in [-0.3, -0.25) is 5.32 Å². The number of fused-ring (bicyclic) bond motifs is 1. The molecule has 5 heteroatoms. The summed E-state index contributed by atoms with van der Waals surface area (Å²) in [5.41, 5.74) is 9.05. The van der Waals surface area contributed by atoms with Crippen molar-refractivity contribution in [2.24, 2.45) is 5.73 Å². The first-order valence-corrected chi connectivity index (χ1v) is 4.59. The molecule has 78 valence electrons. The fourth-order valence-corrected chi connectivity index (χ4v) is 1.45. The first-order chi connectivity index (χ1) is 7.06. The zero-order valence-electron chi connectivity index (χ0n) is 8.59. The number of carbonyl (C=O) groups is 1. The van der Waals surface area contributed by atoms with Crippen LogP contribution in [0.25, 0.3) is 11.0 Å². The van der Waals surface area contributed by atoms with Gasteiger partial charge in [0.25, 0.3) is 0 Å². The van der Waals surface area contributed by atoms with Gasteiger partial charge in [0, 0.05) is 0 Å². The Morgan fingerprint density at radius 2 is 2.07 bits per heavy atom. The van der Waals surface area contributed by atoms with Crippen LogP contribution in [0.1, 0.15) is 11.1 Å². The summed E-state index contributed by atoms with van der Waals surface area (Å²) in [5.74, 6) is 0.377. The average molecular weight is 204 g/mol. The minimum Gasteiger partial charge on any atom is -0.351 e. The van der Waals surface area contributed by atoms with E-state index in [-0.39, 0.29) is 0 Å². The van der Waals surface area contributed by atoms with Gasteiger partial charge in [0.05, 0.1) is 11.0 Å². The predicted molar refractivity (Wildman–Crippen MR) is 58.8 cm³/mol. The first-order valence-electron chi connectivity index (χ1n) is 4.59. The van der Waals surface area contributed by atoms with E-state index in [4.69, 9.17) is 5.73 Å². The summed E-state index contributed by atoms with van der Waals surface area (Å²) in [5, 5.41) is 2.41. The van der Waals surface area contributed by atoms with Crippen LogP contribution in [0.3, 0.4) is 0 Å². The number of aromatic nitrogens is 2. The maximum atomic E-state index is 10.6. The molecule has 0 saturated carbocycles. The molecular weight excluding hydrogens is 192 g/mol. The molecule has 0 aliphatic carbocycles. The molecule has 0 unspecified atom stereocenters. The molecule has 0 fully saturated rings. The summed E-state index contributed by atoms with van der Waals surface area (Å²) < 4.78 is 0. The summed E-state index contributed by atoms with van der Waals surface area (Å²) in [6, 6.07) is 3.33. The Hall–Kier alpha value is -2.04. The van der Waals surface area contributed by atoms with Crippen LogP contribution >= 0.6 is 0 Å². The first kappa shape index (κ1) is 9.51. The molecule has 0 aliphatic rings. The third-order valence-electron chi connectivity index (χ3n) is 2.34. The molecule has 0 spiro atoms. The lowest BCUT2D eigenvalue weighted by Crippen LogP contribution is -2.19. The van der Waals surface area contributed by atoms with Gasteiger partial charge in [-0.15, -0.1) is 0 Å². The number of rotatable bonds is 1. The largest absolute Gasteiger partial charge is 0.351 e. The van der Waals surface area contributed by atoms with E-state index in [1.54, 1.807) is 0 Å². The van der Waals surface area contributed by atoms with E-state index in [1.807, 2.05) is 26.0 Å². The monoisotopic (exact) mass is 204 g/mol. The second-order valence-electron chi connectivity index (χ2n) is 3.53. The number of nitrogens with zero attached hydrogens (tertiary/aromatic N) is 1. The van der Waals surface area contributed by atoms with Crippen molar-refractivity contribution in [1.82, 2.24) is 9.97 Å². The predicted octanol–water partition coefficient (Wildman–Crippen LogP) is 1.67. The van der Waals surface area contributed by atoms with E-state index in [0.29, 0.717) is 5.95 Å². The lowest BCUT2D eigenvalue weighted by molar-refractivity contribution is 0.259. The second-order valence-corrected chi connectivity index (χ2v) is 3.53. The highest BCUT2D eigenvalue weighted by molar-refractivity contribution is 5.88. The molecule has 2 aromatic rings. The number of imidazole rings is 1. The van der Waals surface area contributed by atoms with Crippen LogP contribution in [0.2, 0.25) is 0 Å². The van der Waals surface area contributed by atoms with Gasteiger partial charge in [-0.1, -0.05) is 0 Å². The van der Waals surface area contributed by atoms with Crippen LogP contribution in [-0.2, 0) is 0 Å². The molecule has 0 radical (unpaired) electrons. The molecule has 2 rings (SSSR count). The number of benzene rings is 1. The van der Waals surface area contributed by atoms with Gasteiger partial charge in [0.1, 0.15) is 0 Å². The average Bonchev–Trinajstić information content (AvgIpc) is 2.46. The highest BCUT2D eigenvalue weighted by Crippen LogP contribution is 2.18. The fourth-order valence-electron chi connectivity index (χ4n) is 1.45. The molecule has 1 aromatic carbocycles. The summed E-state index contributed by atoms with van der Waals surface area (Å²) in [7, 11) is 0. The Bertz CT molecular complexity index is 490. The molecule has 1 aromatic heterocycles. The number of aromatic amines is 1. The Morgan fingerprint density at radius 1 is 1.40 bits per heavy atom. The standard InChI is InChI=1S/C10H12N4O/c1-5-3-7-8(4-6(5)2)13-10(12-7)14-9(11)15/h3-4H,1-2H3,(H4,11,12,13,14,15). The minimum absolute atomic E-state index is 0.377. The molecule has 0 saturated heterocycles. The van der Waals surface area contributed by atoms with Crippen molar-refractivity contribution in [2.45, 2.75) is 13.8 Å². The number of hydrogen-bond acceptors (Lipinski definition) is 2. The van der Waals surface area contributed by atoms with Gasteiger partial charge < -0.3 is 10.7 Å². The zero-order chi connectivity index (χ0) is 11.0. The van der Waals surface area contributed by atoms with E-state index in [1.165, 1.54) is 11.1 Å². The van der Waals surface area contributed by atoms with E-state index >= 15 is 0 Å². The van der Waals surface area contributed by atoms with Gasteiger partial charge in [0.15, 0.2) is 0 Å². The van der Waals surface area contributed by atoms with Crippen molar-refractivity contribution in [3.05, 3.63) is 23.3 Å². The highest BCUT2D eigenvalue weighted by Gasteiger charge is 2.05. The van der Waals surface area contributed by atoms with Crippen LogP contribution < -0.4 is 11.1 Å². The lowest BCUT2D eigenvalue weighted by Gasteiger charge is -1.97. The molecule has 2 amide bonds. The molecular formula is C10H12N4O. The highest BCUT2D eigenvalue weighted by atomic mass is 16.2. The smallest absolute Gasteiger partial charge is 0.318 e. The molecule has 1 heterocycles. The fraction of sp³-hybridized carbons (Fsp3) is 0.200. The molecule has 4 N–H and O–H groups in total. The van der Waals surface area contributed by atoms with Crippen LogP contribution in [0.15, 0.2) is 12.1 Å². The Balaban J connectivity index is 2.51. The van der Waals surface area contributed by atoms with Crippen molar-refractivity contribution in [1.29, 1.82) is 0 Å². The van der Waals surface area contributed by atoms with Gasteiger partial charge in [-0.25, -0.2) is 9.78 Å². The van der Waals surface area contributed by atoms with E-state index in [2.05, 4.69) is 15.3 Å². The van der Waals surface area contributed by atoms with Crippen LogP contribution in [0, 0.1) is 13.8 Å². The van der Waals surface area contributed by atoms with Gasteiger partial charge in [-0.05, 0) is 37.1 Å². The summed E-state index contributed by atoms with van der Waals surface area (Å²) in [6.07, 6.45) is 0. The third-order valence-corrected chi connectivity index (χ3v) is 2.34. The van der Waals surface area contributed by atoms with Crippen molar-refractivity contribution < 1.29 is 4.79 Å². The summed E-state index contributed by atoms with van der Waals surface area (Å²) >= 11 is 0. The van der Waals surface area contributed by atoms with Gasteiger partial charge in [0.2, 0.25) is 5.95 Å². The van der Waals surface area contributed by atoms with E-state index in [9.17, 15) is 4.79 Å². The number of H-pyrrole nitrogens is 1. The maximum Gasteiger partial charge on any atom is 0.318 e. The van der Waals surface area contributed by atoms with Crippen molar-refractivity contribution in [2.75, 3.05) is 5.32 Å². The SMILES string of the molecule is Cc1cc2nc(NC(N)=O)[nH]c2cc1C. The lowest BCUT2D eigenvalue weighted by atomic mass is 10.1. The van der Waals surface area contributed by atoms with Crippen molar-refractivity contribution in [3.8, 4) is 0 Å². The number of carbonyl (C=O) groups excluding carboxylic acids is 1. The van der Waals surface area contributed by atoms with E-state index < -0.39 is 6.03 Å². The summed E-state index contributed by atoms with van der Waals surface area (Å²) in [4.78, 5) is 17.8. The number of hydrogen-bond donors (Lipinski definition) is 3. The number of urea groups is 1. The second kappa shape index (κ2) is 3.27. The quantitative estimate of drug-likeness (QED) is 0.660. The molecule has 0 atom stereocenters. The van der Waals surface area contributed by atoms with E-state index in [0.717, 1.165) is 11.0 Å². The molecule has 5 nitrogen and oxygen atoms in total. The normalized spacial score (nSPS) is 10.5. The Labute approximate surface area is 86.7 Å². The maximum absolute atomic E-state index is 10.6. The molecule has 15 heavy (non-hydrogen) atoms. The number of amides is 2.